The van der Waals surface area contributed by atoms with Crippen LogP contribution in [-0.2, 0) is 16.0 Å². The van der Waals surface area contributed by atoms with Crippen LogP contribution < -0.4 is 15.5 Å². The maximum absolute atomic E-state index is 12.1. The van der Waals surface area contributed by atoms with E-state index >= 15 is 0 Å². The summed E-state index contributed by atoms with van der Waals surface area (Å²) in [6.45, 7) is 7.28. The van der Waals surface area contributed by atoms with Gasteiger partial charge in [-0.25, -0.2) is 4.79 Å². The van der Waals surface area contributed by atoms with Gasteiger partial charge in [0.1, 0.15) is 5.82 Å². The zero-order chi connectivity index (χ0) is 23.8. The molecule has 4 rings (SSSR count). The van der Waals surface area contributed by atoms with Gasteiger partial charge in [0.2, 0.25) is 0 Å². The summed E-state index contributed by atoms with van der Waals surface area (Å²) in [5.41, 5.74) is 1.92. The van der Waals surface area contributed by atoms with E-state index in [0.717, 1.165) is 50.6 Å². The highest BCUT2D eigenvalue weighted by atomic mass is 32.1. The number of fused-ring (bicyclic) bond motifs is 1. The molecule has 1 aromatic heterocycles. The number of carbonyl (C=O) groups excluding carboxylic acids is 2. The lowest BCUT2D eigenvalue weighted by molar-refractivity contribution is -0.142. The molecular formula is C25H31N5O3S. The lowest BCUT2D eigenvalue weighted by atomic mass is 10.1. The third kappa shape index (κ3) is 6.45. The standard InChI is InChI=1S/C25H31N5O3S/c1-2-33-23(31)10-12-26-25(32)27-20-7-5-6-19(18-20)11-13-29-14-16-30(17-15-29)24-21-8-3-4-9-22(21)34-28-24/h3-9,18H,2,10-17H2,1H3,(H2,26,27,32). The molecular weight excluding hydrogens is 450 g/mol. The van der Waals surface area contributed by atoms with E-state index in [2.05, 4.69) is 50.8 Å². The molecule has 1 aliphatic rings. The van der Waals surface area contributed by atoms with Crippen molar-refractivity contribution in [2.75, 3.05) is 56.1 Å². The molecule has 2 aromatic carbocycles. The minimum Gasteiger partial charge on any atom is -0.466 e. The number of amides is 2. The van der Waals surface area contributed by atoms with Crippen molar-refractivity contribution in [3.63, 3.8) is 0 Å². The number of nitrogens with one attached hydrogen (secondary N) is 2. The molecule has 0 spiro atoms. The highest BCUT2D eigenvalue weighted by Gasteiger charge is 2.20. The second-order valence-corrected chi connectivity index (χ2v) is 9.02. The SMILES string of the molecule is CCOC(=O)CCNC(=O)Nc1cccc(CCN2CCN(c3nsc4ccccc34)CC2)c1. The minimum absolute atomic E-state index is 0.160. The maximum atomic E-state index is 12.1. The Labute approximate surface area is 204 Å². The summed E-state index contributed by atoms with van der Waals surface area (Å²) in [4.78, 5) is 28.3. The number of esters is 1. The Hall–Kier alpha value is -3.17. The lowest BCUT2D eigenvalue weighted by Gasteiger charge is -2.35. The maximum Gasteiger partial charge on any atom is 0.319 e. The number of nitrogens with zero attached hydrogens (tertiary/aromatic N) is 3. The number of aromatic nitrogens is 1. The van der Waals surface area contributed by atoms with Crippen LogP contribution in [0.4, 0.5) is 16.3 Å². The molecule has 3 aromatic rings. The topological polar surface area (TPSA) is 86.8 Å². The molecule has 0 saturated carbocycles. The van der Waals surface area contributed by atoms with Crippen LogP contribution in [-0.4, -0.2) is 67.1 Å². The smallest absolute Gasteiger partial charge is 0.319 e. The summed E-state index contributed by atoms with van der Waals surface area (Å²) < 4.78 is 10.8. The zero-order valence-electron chi connectivity index (χ0n) is 19.5. The van der Waals surface area contributed by atoms with Gasteiger partial charge in [-0.2, -0.15) is 4.37 Å². The molecule has 0 radical (unpaired) electrons. The second kappa shape index (κ2) is 11.8. The van der Waals surface area contributed by atoms with Crippen LogP contribution in [0.25, 0.3) is 10.1 Å². The molecule has 9 heteroatoms. The Bertz CT molecular complexity index is 1110. The molecule has 34 heavy (non-hydrogen) atoms. The van der Waals surface area contributed by atoms with Crippen LogP contribution in [0, 0.1) is 0 Å². The first-order chi connectivity index (χ1) is 16.6. The fourth-order valence-electron chi connectivity index (χ4n) is 4.06. The number of hydrogen-bond acceptors (Lipinski definition) is 7. The first-order valence-electron chi connectivity index (χ1n) is 11.7. The summed E-state index contributed by atoms with van der Waals surface area (Å²) in [5.74, 6) is 0.796. The van der Waals surface area contributed by atoms with Gasteiger partial charge in [0, 0.05) is 50.3 Å². The highest BCUT2D eigenvalue weighted by molar-refractivity contribution is 7.13. The van der Waals surface area contributed by atoms with Crippen LogP contribution in [0.3, 0.4) is 0 Å². The number of piperazine rings is 1. The van der Waals surface area contributed by atoms with Gasteiger partial charge in [-0.05, 0) is 54.7 Å². The van der Waals surface area contributed by atoms with E-state index in [-0.39, 0.29) is 25.0 Å². The van der Waals surface area contributed by atoms with E-state index in [4.69, 9.17) is 9.11 Å². The number of hydrogen-bond donors (Lipinski definition) is 2. The summed E-state index contributed by atoms with van der Waals surface area (Å²) in [7, 11) is 0. The van der Waals surface area contributed by atoms with Crippen molar-refractivity contribution in [2.45, 2.75) is 19.8 Å². The number of benzene rings is 2. The Kier molecular flexibility index (Phi) is 8.32. The van der Waals surface area contributed by atoms with E-state index in [9.17, 15) is 9.59 Å². The first-order valence-corrected chi connectivity index (χ1v) is 12.5. The Morgan fingerprint density at radius 2 is 1.91 bits per heavy atom. The molecule has 8 nitrogen and oxygen atoms in total. The summed E-state index contributed by atoms with van der Waals surface area (Å²) in [5, 5.41) is 6.76. The predicted molar refractivity (Wildman–Crippen MR) is 137 cm³/mol. The van der Waals surface area contributed by atoms with E-state index in [1.807, 2.05) is 18.2 Å². The van der Waals surface area contributed by atoms with E-state index < -0.39 is 0 Å². The lowest BCUT2D eigenvalue weighted by Crippen LogP contribution is -2.47. The van der Waals surface area contributed by atoms with Gasteiger partial charge in [0.25, 0.3) is 0 Å². The largest absolute Gasteiger partial charge is 0.466 e. The van der Waals surface area contributed by atoms with Crippen LogP contribution in [0.5, 0.6) is 0 Å². The molecule has 2 amide bonds. The Morgan fingerprint density at radius 1 is 1.09 bits per heavy atom. The van der Waals surface area contributed by atoms with Gasteiger partial charge in [0.15, 0.2) is 0 Å². The van der Waals surface area contributed by atoms with Crippen molar-refractivity contribution in [3.05, 3.63) is 54.1 Å². The molecule has 0 aliphatic carbocycles. The molecule has 1 aliphatic heterocycles. The van der Waals surface area contributed by atoms with Crippen LogP contribution >= 0.6 is 11.5 Å². The van der Waals surface area contributed by atoms with E-state index in [0.29, 0.717) is 6.61 Å². The quantitative estimate of drug-likeness (QED) is 0.453. The molecule has 0 bridgehead atoms. The van der Waals surface area contributed by atoms with Gasteiger partial charge in [-0.15, -0.1) is 0 Å². The fraction of sp³-hybridized carbons (Fsp3) is 0.400. The average Bonchev–Trinajstić information content (AvgIpc) is 3.28. The number of rotatable bonds is 9. The number of carbonyl (C=O) groups is 2. The number of anilines is 2. The Balaban J connectivity index is 1.20. The number of urea groups is 1. The van der Waals surface area contributed by atoms with Crippen molar-refractivity contribution in [1.29, 1.82) is 0 Å². The molecule has 1 saturated heterocycles. The van der Waals surface area contributed by atoms with Crippen molar-refractivity contribution in [2.24, 2.45) is 0 Å². The monoisotopic (exact) mass is 481 g/mol. The second-order valence-electron chi connectivity index (χ2n) is 8.22. The van der Waals surface area contributed by atoms with Gasteiger partial charge in [-0.1, -0.05) is 24.3 Å². The van der Waals surface area contributed by atoms with Crippen LogP contribution in [0.15, 0.2) is 48.5 Å². The minimum atomic E-state index is -0.327. The van der Waals surface area contributed by atoms with E-state index in [1.165, 1.54) is 15.6 Å². The number of ether oxygens (including phenoxy) is 1. The van der Waals surface area contributed by atoms with Crippen molar-refractivity contribution < 1.29 is 14.3 Å². The van der Waals surface area contributed by atoms with Crippen LogP contribution in [0.2, 0.25) is 0 Å². The molecule has 2 heterocycles. The summed E-state index contributed by atoms with van der Waals surface area (Å²) in [6.07, 6.45) is 1.08. The van der Waals surface area contributed by atoms with E-state index in [1.54, 1.807) is 18.5 Å². The van der Waals surface area contributed by atoms with Gasteiger partial charge < -0.3 is 20.3 Å². The molecule has 1 fully saturated rings. The van der Waals surface area contributed by atoms with Crippen LogP contribution in [0.1, 0.15) is 18.9 Å². The van der Waals surface area contributed by atoms with Crippen molar-refractivity contribution in [1.82, 2.24) is 14.6 Å². The first kappa shape index (κ1) is 24.0. The highest BCUT2D eigenvalue weighted by Crippen LogP contribution is 2.29. The summed E-state index contributed by atoms with van der Waals surface area (Å²) in [6, 6.07) is 16.0. The predicted octanol–water partition coefficient (Wildman–Crippen LogP) is 3.74. The Morgan fingerprint density at radius 3 is 2.74 bits per heavy atom. The summed E-state index contributed by atoms with van der Waals surface area (Å²) >= 11 is 1.57. The third-order valence-corrected chi connectivity index (χ3v) is 6.67. The molecule has 180 valence electrons. The van der Waals surface area contributed by atoms with Crippen molar-refractivity contribution in [3.8, 4) is 0 Å². The molecule has 2 N–H and O–H groups in total. The zero-order valence-corrected chi connectivity index (χ0v) is 20.3. The average molecular weight is 482 g/mol. The molecule has 0 unspecified atom stereocenters. The van der Waals surface area contributed by atoms with Crippen molar-refractivity contribution >= 4 is 45.1 Å². The fourth-order valence-corrected chi connectivity index (χ4v) is 4.86. The van der Waals surface area contributed by atoms with Gasteiger partial charge >= 0.3 is 12.0 Å². The normalized spacial score (nSPS) is 14.2. The third-order valence-electron chi connectivity index (χ3n) is 5.85. The molecule has 0 atom stereocenters. The van der Waals surface area contributed by atoms with Gasteiger partial charge in [-0.3, -0.25) is 9.69 Å². The van der Waals surface area contributed by atoms with Gasteiger partial charge in [0.05, 0.1) is 17.7 Å².